The minimum atomic E-state index is -1.34. The third-order valence-corrected chi connectivity index (χ3v) is 4.42. The molecule has 0 spiro atoms. The number of ether oxygens (including phenoxy) is 3. The van der Waals surface area contributed by atoms with Crippen LogP contribution in [0.4, 0.5) is 0 Å². The van der Waals surface area contributed by atoms with Gasteiger partial charge >= 0.3 is 0 Å². The normalized spacial score (nSPS) is 11.8. The van der Waals surface area contributed by atoms with E-state index in [9.17, 15) is 0 Å². The van der Waals surface area contributed by atoms with Crippen LogP contribution in [-0.4, -0.2) is 29.4 Å². The van der Waals surface area contributed by atoms with Crippen LogP contribution in [0.2, 0.25) is 25.7 Å². The Labute approximate surface area is 128 Å². The summed E-state index contributed by atoms with van der Waals surface area (Å²) < 4.78 is 16.1. The van der Waals surface area contributed by atoms with Crippen molar-refractivity contribution in [3.63, 3.8) is 0 Å². The molecule has 0 N–H and O–H groups in total. The van der Waals surface area contributed by atoms with E-state index in [-0.39, 0.29) is 0 Å². The van der Waals surface area contributed by atoms with Crippen molar-refractivity contribution >= 4 is 13.6 Å². The van der Waals surface area contributed by atoms with Crippen molar-refractivity contribution < 1.29 is 14.2 Å². The summed E-state index contributed by atoms with van der Waals surface area (Å²) in [5.41, 5.74) is 1.96. The van der Waals surface area contributed by atoms with Crippen LogP contribution < -0.4 is 14.2 Å². The minimum absolute atomic E-state index is 0.568. The zero-order valence-corrected chi connectivity index (χ0v) is 14.6. The maximum absolute atomic E-state index is 7.14. The first-order valence-electron chi connectivity index (χ1n) is 6.72. The summed E-state index contributed by atoms with van der Waals surface area (Å²) in [7, 11) is 3.43. The number of hydrogen-bond acceptors (Lipinski definition) is 3. The lowest BCUT2D eigenvalue weighted by molar-refractivity contribution is 0.324. The number of rotatable bonds is 6. The largest absolute Gasteiger partial charge is 0.493 e. The van der Waals surface area contributed by atoms with E-state index in [1.165, 1.54) is 0 Å². The molecule has 0 aliphatic carbocycles. The molecule has 0 aromatic heterocycles. The molecule has 1 aromatic rings. The molecule has 0 bridgehead atoms. The predicted octanol–water partition coefficient (Wildman–Crippen LogP) is 4.31. The molecule has 114 valence electrons. The molecule has 0 radical (unpaired) electrons. The number of methoxy groups -OCH3 is 3. The van der Waals surface area contributed by atoms with Crippen molar-refractivity contribution in [2.75, 3.05) is 21.3 Å². The fraction of sp³-hybridized carbons (Fsp3) is 0.438. The molecule has 0 atom stereocenters. The van der Waals surface area contributed by atoms with Crippen molar-refractivity contribution in [2.24, 2.45) is 0 Å². The standard InChI is InChI=1S/C16H23NO3Si/c1-17-10-13(11-21(5,6)7)12-8-14(18-2)16(20-4)15(9-12)19-3/h8-10H,11H2,2-7H3. The smallest absolute Gasteiger partial charge is 0.203 e. The van der Waals surface area contributed by atoms with E-state index >= 15 is 0 Å². The molecule has 1 aromatic carbocycles. The van der Waals surface area contributed by atoms with Gasteiger partial charge in [-0.1, -0.05) is 19.6 Å². The topological polar surface area (TPSA) is 32.0 Å². The molecule has 0 aliphatic heterocycles. The van der Waals surface area contributed by atoms with Gasteiger partial charge in [0.1, 0.15) is 0 Å². The molecule has 0 heterocycles. The Kier molecular flexibility index (Phi) is 5.86. The Morgan fingerprint density at radius 2 is 1.62 bits per heavy atom. The lowest BCUT2D eigenvalue weighted by Crippen LogP contribution is -2.19. The first-order valence-corrected chi connectivity index (χ1v) is 10.4. The number of nitrogens with zero attached hydrogens (tertiary/aromatic N) is 1. The molecule has 4 nitrogen and oxygen atoms in total. The van der Waals surface area contributed by atoms with Gasteiger partial charge in [0.15, 0.2) is 17.7 Å². The van der Waals surface area contributed by atoms with Gasteiger partial charge in [0.25, 0.3) is 0 Å². The van der Waals surface area contributed by atoms with Gasteiger partial charge in [-0.3, -0.25) is 0 Å². The molecule has 0 amide bonds. The fourth-order valence-electron chi connectivity index (χ4n) is 2.14. The Morgan fingerprint density at radius 3 is 1.95 bits per heavy atom. The van der Waals surface area contributed by atoms with Gasteiger partial charge in [0.05, 0.1) is 27.9 Å². The summed E-state index contributed by atoms with van der Waals surface area (Å²) in [5.74, 6) is 1.79. The highest BCUT2D eigenvalue weighted by atomic mass is 28.3. The van der Waals surface area contributed by atoms with Crippen LogP contribution in [0, 0.1) is 6.57 Å². The van der Waals surface area contributed by atoms with Gasteiger partial charge in [0, 0.05) is 8.07 Å². The lowest BCUT2D eigenvalue weighted by Gasteiger charge is -2.20. The van der Waals surface area contributed by atoms with E-state index in [1.54, 1.807) is 27.5 Å². The van der Waals surface area contributed by atoms with Crippen molar-refractivity contribution in [3.05, 3.63) is 35.3 Å². The van der Waals surface area contributed by atoms with E-state index in [2.05, 4.69) is 24.5 Å². The van der Waals surface area contributed by atoms with Crippen LogP contribution in [0.1, 0.15) is 5.56 Å². The third kappa shape index (κ3) is 4.54. The van der Waals surface area contributed by atoms with Crippen LogP contribution >= 0.6 is 0 Å². The Balaban J connectivity index is 3.40. The second kappa shape index (κ2) is 7.18. The van der Waals surface area contributed by atoms with Crippen molar-refractivity contribution in [2.45, 2.75) is 25.7 Å². The van der Waals surface area contributed by atoms with E-state index in [4.69, 9.17) is 20.8 Å². The molecule has 5 heteroatoms. The summed E-state index contributed by atoms with van der Waals surface area (Å²) in [6.07, 6.45) is 1.60. The zero-order valence-electron chi connectivity index (χ0n) is 13.6. The zero-order chi connectivity index (χ0) is 16.0. The molecule has 0 saturated heterocycles. The van der Waals surface area contributed by atoms with Gasteiger partial charge < -0.3 is 14.2 Å². The SMILES string of the molecule is [C-]#[N+]C=C(C[Si](C)(C)C)c1cc(OC)c(OC)c(OC)c1. The van der Waals surface area contributed by atoms with Crippen LogP contribution in [0.5, 0.6) is 17.2 Å². The summed E-state index contributed by atoms with van der Waals surface area (Å²) in [6.45, 7) is 14.0. The molecule has 1 rings (SSSR count). The van der Waals surface area contributed by atoms with Crippen molar-refractivity contribution in [1.29, 1.82) is 0 Å². The van der Waals surface area contributed by atoms with E-state index < -0.39 is 8.07 Å². The quantitative estimate of drug-likeness (QED) is 0.580. The third-order valence-electron chi connectivity index (χ3n) is 2.98. The highest BCUT2D eigenvalue weighted by Gasteiger charge is 2.20. The Bertz CT molecular complexity index is 543. The summed E-state index contributed by atoms with van der Waals surface area (Å²) >= 11 is 0. The van der Waals surface area contributed by atoms with Crippen LogP contribution in [0.15, 0.2) is 18.3 Å². The molecule has 0 aliphatic rings. The van der Waals surface area contributed by atoms with E-state index in [0.29, 0.717) is 17.2 Å². The van der Waals surface area contributed by atoms with Crippen LogP contribution in [0.3, 0.4) is 0 Å². The maximum Gasteiger partial charge on any atom is 0.203 e. The van der Waals surface area contributed by atoms with Gasteiger partial charge in [-0.25, -0.2) is 4.85 Å². The predicted molar refractivity (Wildman–Crippen MR) is 88.8 cm³/mol. The second-order valence-electron chi connectivity index (χ2n) is 5.93. The average Bonchev–Trinajstić information content (AvgIpc) is 2.43. The Hall–Kier alpha value is -1.93. The Morgan fingerprint density at radius 1 is 1.10 bits per heavy atom. The van der Waals surface area contributed by atoms with Gasteiger partial charge in [-0.2, -0.15) is 0 Å². The number of hydrogen-bond donors (Lipinski definition) is 0. The van der Waals surface area contributed by atoms with Gasteiger partial charge in [0.2, 0.25) is 5.75 Å². The second-order valence-corrected chi connectivity index (χ2v) is 11.4. The molecule has 0 saturated carbocycles. The number of benzene rings is 1. The molecular weight excluding hydrogens is 282 g/mol. The van der Waals surface area contributed by atoms with Crippen LogP contribution in [0.25, 0.3) is 10.4 Å². The summed E-state index contributed by atoms with van der Waals surface area (Å²) in [5, 5.41) is 0. The summed E-state index contributed by atoms with van der Waals surface area (Å²) in [4.78, 5) is 3.45. The lowest BCUT2D eigenvalue weighted by atomic mass is 10.1. The average molecular weight is 305 g/mol. The molecule has 21 heavy (non-hydrogen) atoms. The highest BCUT2D eigenvalue weighted by Crippen LogP contribution is 2.41. The van der Waals surface area contributed by atoms with E-state index in [1.807, 2.05) is 12.1 Å². The first-order chi connectivity index (χ1) is 9.86. The maximum atomic E-state index is 7.14. The fourth-order valence-corrected chi connectivity index (χ4v) is 3.58. The van der Waals surface area contributed by atoms with Gasteiger partial charge in [-0.15, -0.1) is 0 Å². The van der Waals surface area contributed by atoms with Gasteiger partial charge in [-0.05, 0) is 29.3 Å². The molecule has 0 unspecified atom stereocenters. The number of allylic oxidation sites excluding steroid dienone is 1. The van der Waals surface area contributed by atoms with Crippen LogP contribution in [-0.2, 0) is 0 Å². The molecular formula is C16H23NO3Si. The molecule has 0 fully saturated rings. The monoisotopic (exact) mass is 305 g/mol. The first kappa shape index (κ1) is 17.1. The highest BCUT2D eigenvalue weighted by molar-refractivity contribution is 6.77. The van der Waals surface area contributed by atoms with E-state index in [0.717, 1.165) is 17.2 Å². The van der Waals surface area contributed by atoms with Crippen molar-refractivity contribution in [3.8, 4) is 17.2 Å². The minimum Gasteiger partial charge on any atom is -0.493 e. The van der Waals surface area contributed by atoms with Crippen molar-refractivity contribution in [1.82, 2.24) is 0 Å². The summed E-state index contributed by atoms with van der Waals surface area (Å²) in [6, 6.07) is 4.73.